The first-order valence-electron chi connectivity index (χ1n) is 10.5. The van der Waals surface area contributed by atoms with Crippen molar-refractivity contribution in [2.24, 2.45) is 0 Å². The highest BCUT2D eigenvalue weighted by Crippen LogP contribution is 2.14. The fourth-order valence-electron chi connectivity index (χ4n) is 3.65. The molecule has 0 atom stereocenters. The molecule has 1 saturated heterocycles. The van der Waals surface area contributed by atoms with Crippen LogP contribution in [-0.4, -0.2) is 61.4 Å². The number of hydrogen-bond donors (Lipinski definition) is 1. The maximum Gasteiger partial charge on any atom is 0.238 e. The first-order chi connectivity index (χ1) is 15.1. The summed E-state index contributed by atoms with van der Waals surface area (Å²) in [6.45, 7) is 3.04. The molecule has 7 nitrogen and oxygen atoms in total. The van der Waals surface area contributed by atoms with Crippen LogP contribution in [0.4, 0.5) is 5.69 Å². The quantitative estimate of drug-likeness (QED) is 0.744. The van der Waals surface area contributed by atoms with Crippen molar-refractivity contribution >= 4 is 17.5 Å². The maximum atomic E-state index is 12.7. The Morgan fingerprint density at radius 3 is 2.65 bits per heavy atom. The number of carbonyl (C=O) groups is 2. The smallest absolute Gasteiger partial charge is 0.238 e. The minimum absolute atomic E-state index is 0.116. The molecule has 0 aliphatic carbocycles. The van der Waals surface area contributed by atoms with Crippen LogP contribution >= 0.6 is 0 Å². The van der Waals surface area contributed by atoms with Gasteiger partial charge in [-0.25, -0.2) is 0 Å². The van der Waals surface area contributed by atoms with Crippen LogP contribution in [0.3, 0.4) is 0 Å². The third kappa shape index (κ3) is 6.83. The zero-order chi connectivity index (χ0) is 22.1. The van der Waals surface area contributed by atoms with Crippen molar-refractivity contribution in [2.75, 3.05) is 45.2 Å². The van der Waals surface area contributed by atoms with Gasteiger partial charge in [-0.05, 0) is 48.7 Å². The highest BCUT2D eigenvalue weighted by Gasteiger charge is 2.20. The lowest BCUT2D eigenvalue weighted by Crippen LogP contribution is -2.38. The zero-order valence-electron chi connectivity index (χ0n) is 17.8. The molecule has 0 unspecified atom stereocenters. The predicted molar refractivity (Wildman–Crippen MR) is 119 cm³/mol. The maximum absolute atomic E-state index is 12.7. The van der Waals surface area contributed by atoms with Gasteiger partial charge < -0.3 is 15.0 Å². The summed E-state index contributed by atoms with van der Waals surface area (Å²) in [4.78, 5) is 29.0. The summed E-state index contributed by atoms with van der Waals surface area (Å²) < 4.78 is 5.16. The number of methoxy groups -OCH3 is 1. The average Bonchev–Trinajstić information content (AvgIpc) is 3.03. The number of aryl methyl sites for hydroxylation is 1. The molecule has 0 bridgehead atoms. The van der Waals surface area contributed by atoms with Gasteiger partial charge in [-0.3, -0.25) is 14.5 Å². The van der Waals surface area contributed by atoms with Crippen molar-refractivity contribution in [1.29, 1.82) is 5.26 Å². The highest BCUT2D eigenvalue weighted by molar-refractivity contribution is 5.92. The molecule has 2 amide bonds. The number of ether oxygens (including phenoxy) is 1. The monoisotopic (exact) mass is 420 g/mol. The zero-order valence-corrected chi connectivity index (χ0v) is 17.8. The molecule has 1 N–H and O–H groups in total. The van der Waals surface area contributed by atoms with Crippen molar-refractivity contribution in [3.8, 4) is 11.8 Å². The molecule has 2 aromatic rings. The number of nitriles is 1. The summed E-state index contributed by atoms with van der Waals surface area (Å²) in [5, 5.41) is 11.8. The Kier molecular flexibility index (Phi) is 8.02. The molecule has 0 spiro atoms. The number of amides is 2. The minimum Gasteiger partial charge on any atom is -0.497 e. The lowest BCUT2D eigenvalue weighted by Gasteiger charge is -2.22. The summed E-state index contributed by atoms with van der Waals surface area (Å²) >= 11 is 0. The third-order valence-corrected chi connectivity index (χ3v) is 5.37. The lowest BCUT2D eigenvalue weighted by molar-refractivity contribution is -0.131. The Balaban J connectivity index is 1.44. The number of nitrogens with one attached hydrogen (secondary N) is 1. The van der Waals surface area contributed by atoms with Crippen molar-refractivity contribution in [1.82, 2.24) is 9.80 Å². The molecule has 7 heteroatoms. The summed E-state index contributed by atoms with van der Waals surface area (Å²) in [5.74, 6) is 0.842. The van der Waals surface area contributed by atoms with Gasteiger partial charge in [0, 0.05) is 38.3 Å². The second kappa shape index (κ2) is 11.1. The van der Waals surface area contributed by atoms with Gasteiger partial charge in [0.1, 0.15) is 5.75 Å². The van der Waals surface area contributed by atoms with Gasteiger partial charge in [-0.1, -0.05) is 18.2 Å². The van der Waals surface area contributed by atoms with Crippen LogP contribution in [0.25, 0.3) is 0 Å². The van der Waals surface area contributed by atoms with Crippen LogP contribution in [-0.2, 0) is 16.0 Å². The van der Waals surface area contributed by atoms with E-state index in [1.165, 1.54) is 0 Å². The third-order valence-electron chi connectivity index (χ3n) is 5.37. The molecule has 1 heterocycles. The van der Waals surface area contributed by atoms with E-state index in [2.05, 4.69) is 16.3 Å². The van der Waals surface area contributed by atoms with Crippen molar-refractivity contribution in [3.63, 3.8) is 0 Å². The molecule has 3 rings (SSSR count). The molecular formula is C24H28N4O3. The van der Waals surface area contributed by atoms with Gasteiger partial charge in [0.05, 0.1) is 25.3 Å². The molecule has 0 radical (unpaired) electrons. The number of hydrogen-bond acceptors (Lipinski definition) is 5. The van der Waals surface area contributed by atoms with Crippen LogP contribution in [0, 0.1) is 11.3 Å². The van der Waals surface area contributed by atoms with E-state index < -0.39 is 0 Å². The van der Waals surface area contributed by atoms with Crippen molar-refractivity contribution < 1.29 is 14.3 Å². The Hall–Kier alpha value is -3.37. The highest BCUT2D eigenvalue weighted by atomic mass is 16.5. The summed E-state index contributed by atoms with van der Waals surface area (Å²) in [6.07, 6.45) is 2.01. The first-order valence-corrected chi connectivity index (χ1v) is 10.5. The van der Waals surface area contributed by atoms with E-state index in [0.717, 1.165) is 24.3 Å². The number of nitrogens with zero attached hydrogens (tertiary/aromatic N) is 3. The van der Waals surface area contributed by atoms with Crippen LogP contribution in [0.1, 0.15) is 24.0 Å². The molecule has 1 fully saturated rings. The largest absolute Gasteiger partial charge is 0.497 e. The number of benzene rings is 2. The molecule has 1 aliphatic rings. The molecule has 2 aromatic carbocycles. The Bertz CT molecular complexity index is 937. The first kappa shape index (κ1) is 22.3. The van der Waals surface area contributed by atoms with Gasteiger partial charge in [0.15, 0.2) is 0 Å². The number of carbonyl (C=O) groups excluding carboxylic acids is 2. The van der Waals surface area contributed by atoms with E-state index in [1.807, 2.05) is 29.2 Å². The number of rotatable bonds is 7. The summed E-state index contributed by atoms with van der Waals surface area (Å²) in [7, 11) is 1.64. The van der Waals surface area contributed by atoms with E-state index in [-0.39, 0.29) is 18.4 Å². The molecule has 0 aromatic heterocycles. The van der Waals surface area contributed by atoms with Gasteiger partial charge in [-0.2, -0.15) is 5.26 Å². The average molecular weight is 421 g/mol. The van der Waals surface area contributed by atoms with Crippen LogP contribution in [0.5, 0.6) is 5.75 Å². The van der Waals surface area contributed by atoms with Crippen molar-refractivity contribution in [2.45, 2.75) is 19.3 Å². The van der Waals surface area contributed by atoms with Gasteiger partial charge in [-0.15, -0.1) is 0 Å². The minimum atomic E-state index is -0.116. The van der Waals surface area contributed by atoms with E-state index in [4.69, 9.17) is 10.00 Å². The summed E-state index contributed by atoms with van der Waals surface area (Å²) in [6, 6.07) is 16.7. The van der Waals surface area contributed by atoms with E-state index >= 15 is 0 Å². The standard InChI is InChI=1S/C24H28N4O3/c1-31-22-9-6-19(7-10-22)8-11-24(30)28-13-3-12-27(14-15-28)18-23(29)26-21-5-2-4-20(16-21)17-25/h2,4-7,9-10,16H,3,8,11-15,18H2,1H3,(H,26,29). The Labute approximate surface area is 183 Å². The second-order valence-corrected chi connectivity index (χ2v) is 7.60. The molecule has 1 aliphatic heterocycles. The topological polar surface area (TPSA) is 85.7 Å². The van der Waals surface area contributed by atoms with Crippen LogP contribution in [0.15, 0.2) is 48.5 Å². The van der Waals surface area contributed by atoms with Crippen LogP contribution < -0.4 is 10.1 Å². The molecular weight excluding hydrogens is 392 g/mol. The van der Waals surface area contributed by atoms with Gasteiger partial charge in [0.25, 0.3) is 0 Å². The molecule has 162 valence electrons. The number of anilines is 1. The lowest BCUT2D eigenvalue weighted by atomic mass is 10.1. The Morgan fingerprint density at radius 1 is 1.10 bits per heavy atom. The van der Waals surface area contributed by atoms with E-state index in [0.29, 0.717) is 43.7 Å². The van der Waals surface area contributed by atoms with Crippen molar-refractivity contribution in [3.05, 3.63) is 59.7 Å². The van der Waals surface area contributed by atoms with Gasteiger partial charge in [0.2, 0.25) is 11.8 Å². The Morgan fingerprint density at radius 2 is 1.90 bits per heavy atom. The summed E-state index contributed by atoms with van der Waals surface area (Å²) in [5.41, 5.74) is 2.24. The van der Waals surface area contributed by atoms with Gasteiger partial charge >= 0.3 is 0 Å². The fraction of sp³-hybridized carbons (Fsp3) is 0.375. The SMILES string of the molecule is COc1ccc(CCC(=O)N2CCCN(CC(=O)Nc3cccc(C#N)c3)CC2)cc1. The predicted octanol–water partition coefficient (Wildman–Crippen LogP) is 2.67. The normalized spacial score (nSPS) is 14.4. The molecule has 0 saturated carbocycles. The molecule has 31 heavy (non-hydrogen) atoms. The van der Waals surface area contributed by atoms with E-state index in [9.17, 15) is 9.59 Å². The van der Waals surface area contributed by atoms with Crippen LogP contribution in [0.2, 0.25) is 0 Å². The fourth-order valence-corrected chi connectivity index (χ4v) is 3.65. The second-order valence-electron chi connectivity index (χ2n) is 7.60. The van der Waals surface area contributed by atoms with E-state index in [1.54, 1.807) is 31.4 Å².